The zero-order valence-electron chi connectivity index (χ0n) is 12.3. The molecule has 0 aromatic rings. The molecule has 0 aliphatic carbocycles. The van der Waals surface area contributed by atoms with E-state index in [2.05, 4.69) is 6.58 Å². The predicted octanol–water partition coefficient (Wildman–Crippen LogP) is 0.885. The minimum absolute atomic E-state index is 0.000225. The first-order valence-corrected chi connectivity index (χ1v) is 6.35. The van der Waals surface area contributed by atoms with Gasteiger partial charge < -0.3 is 18.9 Å². The quantitative estimate of drug-likeness (QED) is 0.298. The maximum absolute atomic E-state index is 11.5. The van der Waals surface area contributed by atoms with Gasteiger partial charge in [-0.1, -0.05) is 6.58 Å². The molecule has 1 heterocycles. The second-order valence-electron chi connectivity index (χ2n) is 4.50. The molecule has 1 rings (SSSR count). The van der Waals surface area contributed by atoms with Crippen molar-refractivity contribution in [2.75, 3.05) is 19.8 Å². The topological polar surface area (TPSA) is 88.1 Å². The van der Waals surface area contributed by atoms with Crippen LogP contribution in [0.5, 0.6) is 0 Å². The van der Waals surface area contributed by atoms with E-state index in [1.807, 2.05) is 0 Å². The molecule has 0 amide bonds. The molecular weight excluding hydrogens is 280 g/mol. The van der Waals surface area contributed by atoms with Crippen molar-refractivity contribution in [1.82, 2.24) is 0 Å². The van der Waals surface area contributed by atoms with E-state index in [0.717, 1.165) is 0 Å². The lowest BCUT2D eigenvalue weighted by atomic mass is 10.2. The molecular formula is C14H18O7. The molecule has 1 aliphatic heterocycles. The average Bonchev–Trinajstić information content (AvgIpc) is 2.64. The summed E-state index contributed by atoms with van der Waals surface area (Å²) in [7, 11) is 0. The zero-order valence-corrected chi connectivity index (χ0v) is 12.3. The second kappa shape index (κ2) is 7.58. The Kier molecular flexibility index (Phi) is 6.10. The Hall–Kier alpha value is -2.15. The average molecular weight is 298 g/mol. The van der Waals surface area contributed by atoms with E-state index in [1.54, 1.807) is 13.8 Å². The summed E-state index contributed by atoms with van der Waals surface area (Å²) in [5.74, 6) is -2.00. The maximum Gasteiger partial charge on any atom is 0.375 e. The van der Waals surface area contributed by atoms with Gasteiger partial charge in [0.05, 0.1) is 6.61 Å². The highest BCUT2D eigenvalue weighted by Crippen LogP contribution is 2.22. The SMILES string of the molecule is C=C(C)C(=O)OCCOCC(=O)OC1=C(C)C(C)OC1=O. The van der Waals surface area contributed by atoms with Crippen molar-refractivity contribution >= 4 is 17.9 Å². The molecule has 7 nitrogen and oxygen atoms in total. The Bertz CT molecular complexity index is 490. The normalized spacial score (nSPS) is 17.5. The van der Waals surface area contributed by atoms with Gasteiger partial charge in [0, 0.05) is 11.1 Å². The molecule has 7 heteroatoms. The Labute approximate surface area is 122 Å². The maximum atomic E-state index is 11.5. The van der Waals surface area contributed by atoms with Crippen molar-refractivity contribution in [2.24, 2.45) is 0 Å². The number of hydrogen-bond acceptors (Lipinski definition) is 7. The van der Waals surface area contributed by atoms with Crippen LogP contribution in [0.2, 0.25) is 0 Å². The van der Waals surface area contributed by atoms with E-state index in [4.69, 9.17) is 18.9 Å². The molecule has 1 atom stereocenters. The van der Waals surface area contributed by atoms with Crippen LogP contribution in [0.3, 0.4) is 0 Å². The standard InChI is InChI=1S/C14H18O7/c1-8(2)13(16)19-6-5-18-7-11(15)21-12-9(3)10(4)20-14(12)17/h10H,1,5-7H2,2-4H3. The van der Waals surface area contributed by atoms with Crippen molar-refractivity contribution in [3.8, 4) is 0 Å². The third-order valence-corrected chi connectivity index (χ3v) is 2.68. The van der Waals surface area contributed by atoms with Crippen molar-refractivity contribution in [2.45, 2.75) is 26.9 Å². The van der Waals surface area contributed by atoms with Crippen LogP contribution >= 0.6 is 0 Å². The summed E-state index contributed by atoms with van der Waals surface area (Å²) < 4.78 is 19.5. The largest absolute Gasteiger partial charge is 0.460 e. The van der Waals surface area contributed by atoms with Gasteiger partial charge in [-0.05, 0) is 20.8 Å². The fourth-order valence-corrected chi connectivity index (χ4v) is 1.39. The summed E-state index contributed by atoms with van der Waals surface area (Å²) in [4.78, 5) is 33.9. The molecule has 0 saturated heterocycles. The van der Waals surface area contributed by atoms with Gasteiger partial charge in [-0.2, -0.15) is 0 Å². The van der Waals surface area contributed by atoms with Gasteiger partial charge in [0.1, 0.15) is 19.3 Å². The van der Waals surface area contributed by atoms with E-state index >= 15 is 0 Å². The third-order valence-electron chi connectivity index (χ3n) is 2.68. The van der Waals surface area contributed by atoms with E-state index in [-0.39, 0.29) is 31.2 Å². The fourth-order valence-electron chi connectivity index (χ4n) is 1.39. The molecule has 0 radical (unpaired) electrons. The molecule has 0 N–H and O–H groups in total. The smallest absolute Gasteiger partial charge is 0.375 e. The second-order valence-corrected chi connectivity index (χ2v) is 4.50. The van der Waals surface area contributed by atoms with Crippen LogP contribution in [0, 0.1) is 0 Å². The van der Waals surface area contributed by atoms with Crippen LogP contribution in [0.1, 0.15) is 20.8 Å². The summed E-state index contributed by atoms with van der Waals surface area (Å²) in [6.45, 7) is 7.95. The molecule has 0 aromatic heterocycles. The number of esters is 3. The predicted molar refractivity (Wildman–Crippen MR) is 70.9 cm³/mol. The van der Waals surface area contributed by atoms with Gasteiger partial charge in [-0.15, -0.1) is 0 Å². The van der Waals surface area contributed by atoms with Crippen LogP contribution in [-0.2, 0) is 33.3 Å². The monoisotopic (exact) mass is 298 g/mol. The Morgan fingerprint density at radius 3 is 2.52 bits per heavy atom. The van der Waals surface area contributed by atoms with Gasteiger partial charge >= 0.3 is 17.9 Å². The lowest BCUT2D eigenvalue weighted by Crippen LogP contribution is -2.18. The number of rotatable bonds is 7. The highest BCUT2D eigenvalue weighted by Gasteiger charge is 2.31. The summed E-state index contributed by atoms with van der Waals surface area (Å²) in [5, 5.41) is 0. The number of cyclic esters (lactones) is 1. The van der Waals surface area contributed by atoms with Gasteiger partial charge in [0.2, 0.25) is 5.76 Å². The van der Waals surface area contributed by atoms with Crippen molar-refractivity contribution in [3.63, 3.8) is 0 Å². The lowest BCUT2D eigenvalue weighted by molar-refractivity contribution is -0.153. The molecule has 0 aromatic carbocycles. The summed E-state index contributed by atoms with van der Waals surface area (Å²) >= 11 is 0. The Balaban J connectivity index is 2.25. The van der Waals surface area contributed by atoms with Crippen molar-refractivity contribution < 1.29 is 33.3 Å². The first kappa shape index (κ1) is 16.9. The molecule has 0 spiro atoms. The summed E-state index contributed by atoms with van der Waals surface area (Å²) in [6, 6.07) is 0. The molecule has 1 aliphatic rings. The highest BCUT2D eigenvalue weighted by atomic mass is 16.6. The first-order chi connectivity index (χ1) is 9.82. The van der Waals surface area contributed by atoms with E-state index in [9.17, 15) is 14.4 Å². The minimum Gasteiger partial charge on any atom is -0.460 e. The van der Waals surface area contributed by atoms with E-state index in [1.165, 1.54) is 6.92 Å². The van der Waals surface area contributed by atoms with Crippen LogP contribution in [0.25, 0.3) is 0 Å². The summed E-state index contributed by atoms with van der Waals surface area (Å²) in [6.07, 6.45) is -0.400. The van der Waals surface area contributed by atoms with E-state index in [0.29, 0.717) is 5.57 Å². The fraction of sp³-hybridized carbons (Fsp3) is 0.500. The van der Waals surface area contributed by atoms with Crippen LogP contribution in [0.4, 0.5) is 0 Å². The molecule has 1 unspecified atom stereocenters. The number of hydrogen-bond donors (Lipinski definition) is 0. The molecule has 116 valence electrons. The third kappa shape index (κ3) is 5.03. The van der Waals surface area contributed by atoms with Gasteiger partial charge in [-0.3, -0.25) is 0 Å². The lowest BCUT2D eigenvalue weighted by Gasteiger charge is -2.06. The number of ether oxygens (including phenoxy) is 4. The summed E-state index contributed by atoms with van der Waals surface area (Å²) in [5.41, 5.74) is 0.842. The molecule has 0 saturated carbocycles. The van der Waals surface area contributed by atoms with Gasteiger partial charge in [0.15, 0.2) is 0 Å². The number of carbonyl (C=O) groups is 3. The zero-order chi connectivity index (χ0) is 16.0. The van der Waals surface area contributed by atoms with Crippen LogP contribution in [0.15, 0.2) is 23.5 Å². The Morgan fingerprint density at radius 1 is 1.33 bits per heavy atom. The van der Waals surface area contributed by atoms with Crippen LogP contribution in [-0.4, -0.2) is 43.8 Å². The Morgan fingerprint density at radius 2 is 2.00 bits per heavy atom. The molecule has 0 fully saturated rings. The van der Waals surface area contributed by atoms with Crippen molar-refractivity contribution in [1.29, 1.82) is 0 Å². The minimum atomic E-state index is -0.721. The highest BCUT2D eigenvalue weighted by molar-refractivity contribution is 5.93. The van der Waals surface area contributed by atoms with Gasteiger partial charge in [-0.25, -0.2) is 14.4 Å². The number of carbonyl (C=O) groups excluding carboxylic acids is 3. The van der Waals surface area contributed by atoms with Crippen LogP contribution < -0.4 is 0 Å². The van der Waals surface area contributed by atoms with Gasteiger partial charge in [0.25, 0.3) is 0 Å². The van der Waals surface area contributed by atoms with Crippen molar-refractivity contribution in [3.05, 3.63) is 23.5 Å². The molecule has 0 bridgehead atoms. The van der Waals surface area contributed by atoms with E-state index < -0.39 is 24.0 Å². The first-order valence-electron chi connectivity index (χ1n) is 6.35. The molecule has 21 heavy (non-hydrogen) atoms.